The molecule has 0 radical (unpaired) electrons. The Hall–Kier alpha value is -3.90. The Morgan fingerprint density at radius 1 is 1.14 bits per heavy atom. The number of nitrogens with one attached hydrogen (secondary N) is 1. The number of fused-ring (bicyclic) bond motifs is 1. The average molecular weight is 531 g/mol. The lowest BCUT2D eigenvalue weighted by Crippen LogP contribution is -2.24. The van der Waals surface area contributed by atoms with Crippen LogP contribution < -0.4 is 5.32 Å². The number of carbonyl (C=O) groups is 1. The van der Waals surface area contributed by atoms with Gasteiger partial charge in [0.25, 0.3) is 0 Å². The van der Waals surface area contributed by atoms with Crippen LogP contribution in [0.4, 0.5) is 29.2 Å². The Morgan fingerprint density at radius 2 is 1.92 bits per heavy atom. The quantitative estimate of drug-likeness (QED) is 0.285. The molecular formula is C25H18F4N4O3S. The molecule has 3 aromatic heterocycles. The van der Waals surface area contributed by atoms with Gasteiger partial charge in [-0.1, -0.05) is 0 Å². The van der Waals surface area contributed by atoms with Crippen LogP contribution in [-0.4, -0.2) is 31.1 Å². The summed E-state index contributed by atoms with van der Waals surface area (Å²) in [5.41, 5.74) is -0.861. The number of anilines is 2. The van der Waals surface area contributed by atoms with E-state index in [-0.39, 0.29) is 23.6 Å². The summed E-state index contributed by atoms with van der Waals surface area (Å²) in [7, 11) is 0. The van der Waals surface area contributed by atoms with Gasteiger partial charge in [0.05, 0.1) is 21.7 Å². The van der Waals surface area contributed by atoms with Gasteiger partial charge in [0.15, 0.2) is 0 Å². The number of benzene rings is 1. The van der Waals surface area contributed by atoms with Gasteiger partial charge in [-0.25, -0.2) is 24.1 Å². The Bertz CT molecular complexity index is 1540. The number of thiazole rings is 1. The lowest BCUT2D eigenvalue weighted by Gasteiger charge is -2.21. The highest BCUT2D eigenvalue weighted by Gasteiger charge is 2.42. The monoisotopic (exact) mass is 530 g/mol. The van der Waals surface area contributed by atoms with Gasteiger partial charge in [-0.2, -0.15) is 13.2 Å². The number of carboxylic acids is 1. The lowest BCUT2D eigenvalue weighted by molar-refractivity contribution is -0.137. The molecule has 0 unspecified atom stereocenters. The molecular weight excluding hydrogens is 512 g/mol. The molecule has 3 heterocycles. The second-order valence-electron chi connectivity index (χ2n) is 8.65. The molecule has 1 atom stereocenters. The van der Waals surface area contributed by atoms with Crippen molar-refractivity contribution in [1.29, 1.82) is 0 Å². The summed E-state index contributed by atoms with van der Waals surface area (Å²) in [6, 6.07) is 7.45. The molecule has 190 valence electrons. The van der Waals surface area contributed by atoms with E-state index in [1.165, 1.54) is 12.3 Å². The molecule has 7 nitrogen and oxygen atoms in total. The zero-order valence-electron chi connectivity index (χ0n) is 19.1. The van der Waals surface area contributed by atoms with Crippen molar-refractivity contribution < 1.29 is 32.6 Å². The van der Waals surface area contributed by atoms with Gasteiger partial charge in [0, 0.05) is 12.4 Å². The van der Waals surface area contributed by atoms with Crippen LogP contribution in [0.3, 0.4) is 0 Å². The maximum absolute atomic E-state index is 14.4. The van der Waals surface area contributed by atoms with Crippen molar-refractivity contribution in [3.63, 3.8) is 0 Å². The standard InChI is InChI=1S/C25H18F4N4O3S/c1-12-6-18(32-21(7-12)33-20-9-14(3-5-30-20)25(27,28)29)19-11-31-23(37-19)24(36)4-2-13-8-15(22(34)35)17(26)10-16(13)24/h3,5-11,36H,2,4H2,1H3,(H,34,35)(H,30,32,33)/t24-/m1/s1. The van der Waals surface area contributed by atoms with Gasteiger partial charge in [0.2, 0.25) is 0 Å². The molecule has 0 spiro atoms. The minimum absolute atomic E-state index is 0.0245. The van der Waals surface area contributed by atoms with E-state index in [0.29, 0.717) is 27.6 Å². The van der Waals surface area contributed by atoms with Crippen LogP contribution in [0.25, 0.3) is 10.6 Å². The highest BCUT2D eigenvalue weighted by atomic mass is 32.1. The van der Waals surface area contributed by atoms with E-state index in [1.54, 1.807) is 19.1 Å². The number of alkyl halides is 3. The summed E-state index contributed by atoms with van der Waals surface area (Å²) < 4.78 is 53.5. The zero-order valence-corrected chi connectivity index (χ0v) is 19.9. The molecule has 0 fully saturated rings. The molecule has 0 bridgehead atoms. The van der Waals surface area contributed by atoms with Gasteiger partial charge in [-0.05, 0) is 72.9 Å². The number of aryl methyl sites for hydroxylation is 2. The Kier molecular flexibility index (Phi) is 5.95. The summed E-state index contributed by atoms with van der Waals surface area (Å²) in [6.45, 7) is 1.79. The number of aliphatic hydroxyl groups is 1. The molecule has 5 rings (SSSR count). The number of pyridine rings is 2. The van der Waals surface area contributed by atoms with E-state index in [0.717, 1.165) is 41.3 Å². The van der Waals surface area contributed by atoms with Gasteiger partial charge in [-0.3, -0.25) is 0 Å². The van der Waals surface area contributed by atoms with Crippen LogP contribution >= 0.6 is 11.3 Å². The fraction of sp³-hybridized carbons (Fsp3) is 0.200. The molecule has 1 aromatic carbocycles. The summed E-state index contributed by atoms with van der Waals surface area (Å²) in [5.74, 6) is -2.08. The van der Waals surface area contributed by atoms with Crippen molar-refractivity contribution in [2.24, 2.45) is 0 Å². The number of rotatable bonds is 5. The lowest BCUT2D eigenvalue weighted by atomic mass is 9.95. The molecule has 0 saturated heterocycles. The highest BCUT2D eigenvalue weighted by Crippen LogP contribution is 2.45. The molecule has 1 aliphatic rings. The van der Waals surface area contributed by atoms with Crippen LogP contribution in [0.2, 0.25) is 0 Å². The van der Waals surface area contributed by atoms with Gasteiger partial charge in [-0.15, -0.1) is 11.3 Å². The molecule has 0 saturated carbocycles. The number of hydrogen-bond donors (Lipinski definition) is 3. The van der Waals surface area contributed by atoms with Crippen molar-refractivity contribution in [2.75, 3.05) is 5.32 Å². The number of aromatic nitrogens is 3. The van der Waals surface area contributed by atoms with E-state index in [4.69, 9.17) is 0 Å². The van der Waals surface area contributed by atoms with Crippen LogP contribution in [0.1, 0.15) is 44.0 Å². The van der Waals surface area contributed by atoms with Crippen LogP contribution in [-0.2, 0) is 18.2 Å². The fourth-order valence-corrected chi connectivity index (χ4v) is 5.30. The number of nitrogens with zero attached hydrogens (tertiary/aromatic N) is 3. The van der Waals surface area contributed by atoms with Gasteiger partial charge < -0.3 is 15.5 Å². The van der Waals surface area contributed by atoms with Crippen molar-refractivity contribution in [2.45, 2.75) is 31.5 Å². The molecule has 0 aliphatic heterocycles. The third-order valence-electron chi connectivity index (χ3n) is 6.05. The zero-order chi connectivity index (χ0) is 26.5. The number of carboxylic acid groups (broad SMARTS) is 1. The van der Waals surface area contributed by atoms with Gasteiger partial charge >= 0.3 is 12.1 Å². The molecule has 0 amide bonds. The number of hydrogen-bond acceptors (Lipinski definition) is 7. The maximum atomic E-state index is 14.4. The van der Waals surface area contributed by atoms with E-state index in [2.05, 4.69) is 20.3 Å². The molecule has 37 heavy (non-hydrogen) atoms. The second kappa shape index (κ2) is 8.89. The van der Waals surface area contributed by atoms with Crippen molar-refractivity contribution in [3.05, 3.63) is 87.4 Å². The van der Waals surface area contributed by atoms with E-state index in [1.807, 2.05) is 0 Å². The van der Waals surface area contributed by atoms with Crippen molar-refractivity contribution >= 4 is 28.9 Å². The van der Waals surface area contributed by atoms with Crippen LogP contribution in [0.15, 0.2) is 48.8 Å². The third-order valence-corrected chi connectivity index (χ3v) is 7.22. The van der Waals surface area contributed by atoms with E-state index < -0.39 is 34.7 Å². The first-order valence-corrected chi connectivity index (χ1v) is 11.8. The molecule has 4 aromatic rings. The van der Waals surface area contributed by atoms with Crippen LogP contribution in [0.5, 0.6) is 0 Å². The minimum Gasteiger partial charge on any atom is -0.478 e. The first-order chi connectivity index (χ1) is 17.4. The first kappa shape index (κ1) is 24.8. The van der Waals surface area contributed by atoms with E-state index in [9.17, 15) is 32.6 Å². The largest absolute Gasteiger partial charge is 0.478 e. The predicted molar refractivity (Wildman–Crippen MR) is 127 cm³/mol. The molecule has 1 aliphatic carbocycles. The SMILES string of the molecule is Cc1cc(Nc2cc(C(F)(F)F)ccn2)nc(-c2cnc([C@@]3(O)CCc4cc(C(=O)O)c(F)cc43)s2)c1. The average Bonchev–Trinajstić information content (AvgIpc) is 3.44. The maximum Gasteiger partial charge on any atom is 0.416 e. The smallest absolute Gasteiger partial charge is 0.416 e. The van der Waals surface area contributed by atoms with Crippen molar-refractivity contribution in [1.82, 2.24) is 15.0 Å². The Balaban J connectivity index is 1.46. The summed E-state index contributed by atoms with van der Waals surface area (Å²) in [6.07, 6.45) is -1.40. The summed E-state index contributed by atoms with van der Waals surface area (Å²) in [4.78, 5) is 24.6. The molecule has 3 N–H and O–H groups in total. The fourth-order valence-electron chi connectivity index (χ4n) is 4.29. The number of aromatic carboxylic acids is 1. The second-order valence-corrected chi connectivity index (χ2v) is 9.68. The molecule has 12 heteroatoms. The Labute approximate surface area is 211 Å². The normalized spacial score (nSPS) is 17.0. The third kappa shape index (κ3) is 4.65. The highest BCUT2D eigenvalue weighted by molar-refractivity contribution is 7.15. The number of halogens is 4. The van der Waals surface area contributed by atoms with E-state index >= 15 is 0 Å². The first-order valence-electron chi connectivity index (χ1n) is 11.0. The topological polar surface area (TPSA) is 108 Å². The summed E-state index contributed by atoms with van der Waals surface area (Å²) >= 11 is 1.14. The minimum atomic E-state index is -4.51. The van der Waals surface area contributed by atoms with Crippen LogP contribution in [0, 0.1) is 12.7 Å². The predicted octanol–water partition coefficient (Wildman–Crippen LogP) is 5.69. The Morgan fingerprint density at radius 3 is 2.65 bits per heavy atom. The summed E-state index contributed by atoms with van der Waals surface area (Å²) in [5, 5.41) is 23.7. The van der Waals surface area contributed by atoms with Crippen molar-refractivity contribution in [3.8, 4) is 10.6 Å². The van der Waals surface area contributed by atoms with Gasteiger partial charge in [0.1, 0.15) is 28.1 Å².